The summed E-state index contributed by atoms with van der Waals surface area (Å²) in [7, 11) is 0. The lowest BCUT2D eigenvalue weighted by atomic mass is 9.90. The molecule has 1 aliphatic heterocycles. The molecule has 0 aromatic carbocycles. The molecule has 0 saturated carbocycles. The Hall–Kier alpha value is -1.58. The molecule has 1 fully saturated rings. The first-order valence-corrected chi connectivity index (χ1v) is 5.42. The van der Waals surface area contributed by atoms with Crippen molar-refractivity contribution in [1.82, 2.24) is 4.98 Å². The van der Waals surface area contributed by atoms with Crippen LogP contribution in [0.5, 0.6) is 0 Å². The average molecular weight is 220 g/mol. The van der Waals surface area contributed by atoms with Gasteiger partial charge in [-0.3, -0.25) is 4.79 Å². The van der Waals surface area contributed by atoms with Crippen molar-refractivity contribution in [3.63, 3.8) is 0 Å². The van der Waals surface area contributed by atoms with Gasteiger partial charge in [-0.2, -0.15) is 0 Å². The zero-order chi connectivity index (χ0) is 11.8. The molecule has 86 valence electrons. The molecule has 0 radical (unpaired) electrons. The van der Waals surface area contributed by atoms with Crippen LogP contribution in [0.15, 0.2) is 18.3 Å². The predicted molar refractivity (Wildman–Crippen MR) is 61.5 cm³/mol. The van der Waals surface area contributed by atoms with E-state index in [4.69, 9.17) is 5.11 Å². The monoisotopic (exact) mass is 220 g/mol. The minimum atomic E-state index is -0.720. The van der Waals surface area contributed by atoms with E-state index in [0.717, 1.165) is 17.9 Å². The molecule has 4 heteroatoms. The second-order valence-electron chi connectivity index (χ2n) is 4.73. The van der Waals surface area contributed by atoms with Gasteiger partial charge in [0.1, 0.15) is 5.82 Å². The van der Waals surface area contributed by atoms with Crippen molar-refractivity contribution in [3.8, 4) is 0 Å². The van der Waals surface area contributed by atoms with Crippen molar-refractivity contribution < 1.29 is 9.90 Å². The third-order valence-corrected chi connectivity index (χ3v) is 3.21. The van der Waals surface area contributed by atoms with E-state index in [9.17, 15) is 4.79 Å². The van der Waals surface area contributed by atoms with Gasteiger partial charge in [0.15, 0.2) is 0 Å². The van der Waals surface area contributed by atoms with Crippen molar-refractivity contribution in [2.24, 2.45) is 5.41 Å². The molecule has 4 nitrogen and oxygen atoms in total. The first kappa shape index (κ1) is 10.9. The van der Waals surface area contributed by atoms with Gasteiger partial charge in [0.2, 0.25) is 0 Å². The molecule has 1 N–H and O–H groups in total. The van der Waals surface area contributed by atoms with E-state index >= 15 is 0 Å². The van der Waals surface area contributed by atoms with Crippen molar-refractivity contribution in [2.75, 3.05) is 18.0 Å². The van der Waals surface area contributed by atoms with Crippen LogP contribution in [0.25, 0.3) is 0 Å². The summed E-state index contributed by atoms with van der Waals surface area (Å²) in [6.07, 6.45) is 2.44. The summed E-state index contributed by atoms with van der Waals surface area (Å²) >= 11 is 0. The highest BCUT2D eigenvalue weighted by Gasteiger charge is 2.40. The summed E-state index contributed by atoms with van der Waals surface area (Å²) in [5.74, 6) is 0.160. The Morgan fingerprint density at radius 1 is 1.62 bits per heavy atom. The second-order valence-corrected chi connectivity index (χ2v) is 4.73. The number of anilines is 1. The molecule has 1 aliphatic rings. The SMILES string of the molecule is Cc1ccnc(N2CCC(C)(C(=O)O)C2)c1. The van der Waals surface area contributed by atoms with E-state index in [0.29, 0.717) is 13.0 Å². The number of carboxylic acids is 1. The number of nitrogens with zero attached hydrogens (tertiary/aromatic N) is 2. The van der Waals surface area contributed by atoms with Gasteiger partial charge in [0, 0.05) is 19.3 Å². The summed E-state index contributed by atoms with van der Waals surface area (Å²) in [6, 6.07) is 3.93. The lowest BCUT2D eigenvalue weighted by Gasteiger charge is -2.21. The van der Waals surface area contributed by atoms with Crippen molar-refractivity contribution >= 4 is 11.8 Å². The van der Waals surface area contributed by atoms with Crippen LogP contribution in [0.3, 0.4) is 0 Å². The number of aryl methyl sites for hydroxylation is 1. The third-order valence-electron chi connectivity index (χ3n) is 3.21. The third kappa shape index (κ3) is 1.87. The van der Waals surface area contributed by atoms with Gasteiger partial charge in [0.25, 0.3) is 0 Å². The molecule has 1 atom stereocenters. The van der Waals surface area contributed by atoms with Gasteiger partial charge in [-0.05, 0) is 38.0 Å². The van der Waals surface area contributed by atoms with E-state index in [2.05, 4.69) is 4.98 Å². The average Bonchev–Trinajstić information content (AvgIpc) is 2.62. The van der Waals surface area contributed by atoms with Crippen LogP contribution < -0.4 is 4.90 Å². The van der Waals surface area contributed by atoms with Gasteiger partial charge in [-0.15, -0.1) is 0 Å². The quantitative estimate of drug-likeness (QED) is 0.824. The van der Waals surface area contributed by atoms with Gasteiger partial charge in [0.05, 0.1) is 5.41 Å². The van der Waals surface area contributed by atoms with Gasteiger partial charge in [-0.1, -0.05) is 0 Å². The Morgan fingerprint density at radius 3 is 2.94 bits per heavy atom. The maximum absolute atomic E-state index is 11.1. The number of hydrogen-bond acceptors (Lipinski definition) is 3. The molecular weight excluding hydrogens is 204 g/mol. The van der Waals surface area contributed by atoms with E-state index in [1.54, 1.807) is 13.1 Å². The van der Waals surface area contributed by atoms with Crippen LogP contribution in [-0.2, 0) is 4.79 Å². The number of carbonyl (C=O) groups is 1. The van der Waals surface area contributed by atoms with Gasteiger partial charge < -0.3 is 10.0 Å². The Kier molecular flexibility index (Phi) is 2.58. The highest BCUT2D eigenvalue weighted by atomic mass is 16.4. The normalized spacial score (nSPS) is 24.8. The van der Waals surface area contributed by atoms with E-state index in [1.807, 2.05) is 24.0 Å². The highest BCUT2D eigenvalue weighted by Crippen LogP contribution is 2.32. The number of pyridine rings is 1. The maximum atomic E-state index is 11.1. The lowest BCUT2D eigenvalue weighted by molar-refractivity contribution is -0.146. The molecule has 1 aromatic heterocycles. The Balaban J connectivity index is 2.18. The van der Waals surface area contributed by atoms with Gasteiger partial charge >= 0.3 is 5.97 Å². The summed E-state index contributed by atoms with van der Waals surface area (Å²) in [5.41, 5.74) is 0.514. The fourth-order valence-corrected chi connectivity index (χ4v) is 2.02. The van der Waals surface area contributed by atoms with Crippen molar-refractivity contribution in [2.45, 2.75) is 20.3 Å². The van der Waals surface area contributed by atoms with Crippen LogP contribution in [0.1, 0.15) is 18.9 Å². The highest BCUT2D eigenvalue weighted by molar-refractivity contribution is 5.76. The van der Waals surface area contributed by atoms with Gasteiger partial charge in [-0.25, -0.2) is 4.98 Å². The molecule has 16 heavy (non-hydrogen) atoms. The van der Waals surface area contributed by atoms with Crippen molar-refractivity contribution in [3.05, 3.63) is 23.9 Å². The summed E-state index contributed by atoms with van der Waals surface area (Å²) in [4.78, 5) is 17.4. The van der Waals surface area contributed by atoms with E-state index < -0.39 is 11.4 Å². The number of rotatable bonds is 2. The minimum Gasteiger partial charge on any atom is -0.481 e. The predicted octanol–water partition coefficient (Wildman–Crippen LogP) is 1.69. The molecule has 2 rings (SSSR count). The maximum Gasteiger partial charge on any atom is 0.311 e. The number of hydrogen-bond donors (Lipinski definition) is 1. The molecule has 1 aromatic rings. The number of aromatic nitrogens is 1. The first-order chi connectivity index (χ1) is 7.51. The lowest BCUT2D eigenvalue weighted by Crippen LogP contribution is -2.31. The fourth-order valence-electron chi connectivity index (χ4n) is 2.02. The number of aliphatic carboxylic acids is 1. The zero-order valence-electron chi connectivity index (χ0n) is 9.60. The van der Waals surface area contributed by atoms with E-state index in [1.165, 1.54) is 0 Å². The molecule has 0 amide bonds. The molecule has 2 heterocycles. The van der Waals surface area contributed by atoms with Crippen LogP contribution >= 0.6 is 0 Å². The molecule has 1 saturated heterocycles. The largest absolute Gasteiger partial charge is 0.481 e. The van der Waals surface area contributed by atoms with Crippen LogP contribution in [0.2, 0.25) is 0 Å². The van der Waals surface area contributed by atoms with Crippen LogP contribution in [0, 0.1) is 12.3 Å². The summed E-state index contributed by atoms with van der Waals surface area (Å²) < 4.78 is 0. The molecule has 1 unspecified atom stereocenters. The Labute approximate surface area is 94.9 Å². The molecule has 0 spiro atoms. The molecule has 0 bridgehead atoms. The summed E-state index contributed by atoms with van der Waals surface area (Å²) in [5, 5.41) is 9.14. The van der Waals surface area contributed by atoms with E-state index in [-0.39, 0.29) is 0 Å². The molecule has 0 aliphatic carbocycles. The Bertz CT molecular complexity index is 419. The Morgan fingerprint density at radius 2 is 2.38 bits per heavy atom. The smallest absolute Gasteiger partial charge is 0.311 e. The second kappa shape index (κ2) is 3.77. The van der Waals surface area contributed by atoms with Crippen LogP contribution in [-0.4, -0.2) is 29.1 Å². The fraction of sp³-hybridized carbons (Fsp3) is 0.500. The number of carboxylic acid groups (broad SMARTS) is 1. The van der Waals surface area contributed by atoms with Crippen molar-refractivity contribution in [1.29, 1.82) is 0 Å². The van der Waals surface area contributed by atoms with Crippen LogP contribution in [0.4, 0.5) is 5.82 Å². The topological polar surface area (TPSA) is 53.4 Å². The zero-order valence-corrected chi connectivity index (χ0v) is 9.60. The summed E-state index contributed by atoms with van der Waals surface area (Å²) in [6.45, 7) is 5.11. The first-order valence-electron chi connectivity index (χ1n) is 5.42. The standard InChI is InChI=1S/C12H16N2O2/c1-9-3-5-13-10(7-9)14-6-4-12(2,8-14)11(15)16/h3,5,7H,4,6,8H2,1-2H3,(H,15,16). The molecular formula is C12H16N2O2. The minimum absolute atomic E-state index is 0.540.